The average Bonchev–Trinajstić information content (AvgIpc) is 3.02. The summed E-state index contributed by atoms with van der Waals surface area (Å²) >= 11 is 12.5. The van der Waals surface area contributed by atoms with E-state index in [2.05, 4.69) is 5.32 Å². The molecule has 1 N–H and O–H groups in total. The van der Waals surface area contributed by atoms with Gasteiger partial charge in [-0.05, 0) is 66.9 Å². The number of carbonyl (C=O) groups excluding carboxylic acids is 2. The Balaban J connectivity index is 1.82. The maximum Gasteiger partial charge on any atom is 0.264 e. The summed E-state index contributed by atoms with van der Waals surface area (Å²) in [4.78, 5) is 29.6. The third kappa shape index (κ3) is 9.06. The number of nitrogens with one attached hydrogen (secondary N) is 1. The van der Waals surface area contributed by atoms with E-state index < -0.39 is 40.2 Å². The van der Waals surface area contributed by atoms with Gasteiger partial charge in [-0.2, -0.15) is 0 Å². The standard InChI is InChI=1S/C34H34Cl2FN3O4S/c1-3-24(2)38-34(42)32(18-25-10-6-4-7-11-25)39(22-26-14-16-29(37)17-15-26)33(41)23-40(30-20-27(35)19-28(36)21-30)45(43,44)31-12-8-5-9-13-31/h4-17,19-21,24,32H,3,18,22-23H2,1-2H3,(H,38,42)/t24-,32-/m0/s1. The number of hydrogen-bond donors (Lipinski definition) is 1. The second-order valence-electron chi connectivity index (χ2n) is 10.6. The van der Waals surface area contributed by atoms with Gasteiger partial charge in [0.05, 0.1) is 10.6 Å². The summed E-state index contributed by atoms with van der Waals surface area (Å²) in [6.45, 7) is 3.04. The van der Waals surface area contributed by atoms with Crippen molar-refractivity contribution in [2.45, 2.75) is 50.2 Å². The van der Waals surface area contributed by atoms with Crippen LogP contribution in [0.15, 0.2) is 108 Å². The number of anilines is 1. The fourth-order valence-corrected chi connectivity index (χ4v) is 6.65. The average molecular weight is 671 g/mol. The lowest BCUT2D eigenvalue weighted by atomic mass is 10.0. The van der Waals surface area contributed by atoms with Crippen LogP contribution in [0.1, 0.15) is 31.4 Å². The molecule has 4 aromatic rings. The molecule has 236 valence electrons. The molecule has 0 aliphatic carbocycles. The summed E-state index contributed by atoms with van der Waals surface area (Å²) in [5.41, 5.74) is 1.44. The molecule has 0 bridgehead atoms. The lowest BCUT2D eigenvalue weighted by Crippen LogP contribution is -2.54. The largest absolute Gasteiger partial charge is 0.352 e. The highest BCUT2D eigenvalue weighted by atomic mass is 35.5. The maximum atomic E-state index is 14.4. The van der Waals surface area contributed by atoms with E-state index in [1.165, 1.54) is 59.5 Å². The lowest BCUT2D eigenvalue weighted by molar-refractivity contribution is -0.140. The Morgan fingerprint density at radius 3 is 2.00 bits per heavy atom. The molecule has 2 atom stereocenters. The fourth-order valence-electron chi connectivity index (χ4n) is 4.71. The number of amides is 2. The van der Waals surface area contributed by atoms with Crippen molar-refractivity contribution in [1.82, 2.24) is 10.2 Å². The molecule has 0 saturated carbocycles. The number of rotatable bonds is 13. The van der Waals surface area contributed by atoms with Gasteiger partial charge in [0, 0.05) is 29.1 Å². The highest BCUT2D eigenvalue weighted by Gasteiger charge is 2.35. The molecule has 4 rings (SSSR count). The van der Waals surface area contributed by atoms with Crippen LogP contribution in [0.5, 0.6) is 0 Å². The molecule has 0 saturated heterocycles. The lowest BCUT2D eigenvalue weighted by Gasteiger charge is -2.34. The van der Waals surface area contributed by atoms with Crippen LogP contribution < -0.4 is 9.62 Å². The van der Waals surface area contributed by atoms with Crippen molar-refractivity contribution in [3.05, 3.63) is 130 Å². The topological polar surface area (TPSA) is 86.8 Å². The minimum atomic E-state index is -4.30. The second-order valence-corrected chi connectivity index (χ2v) is 13.4. The molecule has 0 heterocycles. The van der Waals surface area contributed by atoms with Crippen LogP contribution >= 0.6 is 23.2 Å². The van der Waals surface area contributed by atoms with Gasteiger partial charge in [-0.25, -0.2) is 12.8 Å². The molecule has 4 aromatic carbocycles. The van der Waals surface area contributed by atoms with E-state index in [4.69, 9.17) is 23.2 Å². The summed E-state index contributed by atoms with van der Waals surface area (Å²) in [5, 5.41) is 3.33. The molecular formula is C34H34Cl2FN3O4S. The predicted octanol–water partition coefficient (Wildman–Crippen LogP) is 6.88. The van der Waals surface area contributed by atoms with Gasteiger partial charge in [0.25, 0.3) is 10.0 Å². The smallest absolute Gasteiger partial charge is 0.264 e. The zero-order valence-corrected chi connectivity index (χ0v) is 27.2. The SMILES string of the molecule is CC[C@H](C)NC(=O)[C@H](Cc1ccccc1)N(Cc1ccc(F)cc1)C(=O)CN(c1cc(Cl)cc(Cl)c1)S(=O)(=O)c1ccccc1. The number of halogens is 3. The first-order chi connectivity index (χ1) is 21.5. The Labute approximate surface area is 273 Å². The first-order valence-electron chi connectivity index (χ1n) is 14.4. The number of hydrogen-bond acceptors (Lipinski definition) is 4. The van der Waals surface area contributed by atoms with Crippen LogP contribution in [0.25, 0.3) is 0 Å². The quantitative estimate of drug-likeness (QED) is 0.168. The van der Waals surface area contributed by atoms with Gasteiger partial charge in [0.2, 0.25) is 11.8 Å². The van der Waals surface area contributed by atoms with Crippen LogP contribution in [-0.4, -0.2) is 43.8 Å². The molecule has 0 aliphatic heterocycles. The molecule has 0 fully saturated rings. The van der Waals surface area contributed by atoms with E-state index in [0.717, 1.165) is 9.87 Å². The molecule has 11 heteroatoms. The van der Waals surface area contributed by atoms with Crippen molar-refractivity contribution in [2.24, 2.45) is 0 Å². The van der Waals surface area contributed by atoms with Crippen molar-refractivity contribution in [3.8, 4) is 0 Å². The van der Waals surface area contributed by atoms with Gasteiger partial charge in [-0.3, -0.25) is 13.9 Å². The normalized spacial score (nSPS) is 12.6. The Morgan fingerprint density at radius 1 is 0.844 bits per heavy atom. The molecular weight excluding hydrogens is 636 g/mol. The summed E-state index contributed by atoms with van der Waals surface area (Å²) in [6.07, 6.45) is 0.818. The third-order valence-corrected chi connectivity index (χ3v) is 9.51. The molecule has 7 nitrogen and oxygen atoms in total. The van der Waals surface area contributed by atoms with Crippen molar-refractivity contribution >= 4 is 50.7 Å². The minimum Gasteiger partial charge on any atom is -0.352 e. The number of nitrogens with zero attached hydrogens (tertiary/aromatic N) is 2. The van der Waals surface area contributed by atoms with Gasteiger partial charge in [-0.15, -0.1) is 0 Å². The second kappa shape index (κ2) is 15.4. The predicted molar refractivity (Wildman–Crippen MR) is 176 cm³/mol. The molecule has 0 spiro atoms. The van der Waals surface area contributed by atoms with E-state index in [1.807, 2.05) is 44.2 Å². The van der Waals surface area contributed by atoms with Crippen molar-refractivity contribution in [3.63, 3.8) is 0 Å². The van der Waals surface area contributed by atoms with Gasteiger partial charge < -0.3 is 10.2 Å². The van der Waals surface area contributed by atoms with Crippen LogP contribution in [0.2, 0.25) is 10.0 Å². The molecule has 45 heavy (non-hydrogen) atoms. The number of carbonyl (C=O) groups is 2. The number of sulfonamides is 1. The molecule has 0 unspecified atom stereocenters. The Hall–Kier alpha value is -3.92. The van der Waals surface area contributed by atoms with Gasteiger partial charge in [-0.1, -0.05) is 90.8 Å². The maximum absolute atomic E-state index is 14.4. The Kier molecular flexibility index (Phi) is 11.6. The van der Waals surface area contributed by atoms with Crippen molar-refractivity contribution in [1.29, 1.82) is 0 Å². The number of benzene rings is 4. The summed E-state index contributed by atoms with van der Waals surface area (Å²) in [7, 11) is -4.30. The Morgan fingerprint density at radius 2 is 1.42 bits per heavy atom. The van der Waals surface area contributed by atoms with Crippen molar-refractivity contribution in [2.75, 3.05) is 10.8 Å². The summed E-state index contributed by atoms with van der Waals surface area (Å²) < 4.78 is 42.8. The van der Waals surface area contributed by atoms with Crippen LogP contribution in [0, 0.1) is 5.82 Å². The highest BCUT2D eigenvalue weighted by Crippen LogP contribution is 2.30. The monoisotopic (exact) mass is 669 g/mol. The Bertz CT molecular complexity index is 1690. The van der Waals surface area contributed by atoms with E-state index >= 15 is 0 Å². The van der Waals surface area contributed by atoms with E-state index in [0.29, 0.717) is 12.0 Å². The van der Waals surface area contributed by atoms with Gasteiger partial charge >= 0.3 is 0 Å². The van der Waals surface area contributed by atoms with Gasteiger partial charge in [0.15, 0.2) is 0 Å². The first kappa shape index (κ1) is 34.0. The first-order valence-corrected chi connectivity index (χ1v) is 16.6. The fraction of sp³-hybridized carbons (Fsp3) is 0.235. The molecule has 0 aromatic heterocycles. The third-order valence-electron chi connectivity index (χ3n) is 7.28. The zero-order valence-electron chi connectivity index (χ0n) is 24.9. The highest BCUT2D eigenvalue weighted by molar-refractivity contribution is 7.92. The van der Waals surface area contributed by atoms with Crippen LogP contribution in [0.4, 0.5) is 10.1 Å². The molecule has 2 amide bonds. The van der Waals surface area contributed by atoms with E-state index in [1.54, 1.807) is 18.2 Å². The summed E-state index contributed by atoms with van der Waals surface area (Å²) in [5.74, 6) is -1.51. The zero-order chi connectivity index (χ0) is 32.6. The van der Waals surface area contributed by atoms with E-state index in [-0.39, 0.29) is 39.6 Å². The molecule has 0 aliphatic rings. The van der Waals surface area contributed by atoms with Crippen molar-refractivity contribution < 1.29 is 22.4 Å². The minimum absolute atomic E-state index is 0.0469. The van der Waals surface area contributed by atoms with Crippen LogP contribution in [0.3, 0.4) is 0 Å². The van der Waals surface area contributed by atoms with E-state index in [9.17, 15) is 22.4 Å². The van der Waals surface area contributed by atoms with Gasteiger partial charge in [0.1, 0.15) is 18.4 Å². The summed E-state index contributed by atoms with van der Waals surface area (Å²) in [6, 6.07) is 25.6. The molecule has 0 radical (unpaired) electrons. The van der Waals surface area contributed by atoms with Crippen LogP contribution in [-0.2, 0) is 32.6 Å².